The van der Waals surface area contributed by atoms with Crippen LogP contribution in [-0.4, -0.2) is 32.8 Å². The Balaban J connectivity index is 1.94. The molecule has 0 radical (unpaired) electrons. The highest BCUT2D eigenvalue weighted by molar-refractivity contribution is 5.96. The van der Waals surface area contributed by atoms with E-state index in [2.05, 4.69) is 25.6 Å². The molecule has 0 aliphatic carbocycles. The maximum Gasteiger partial charge on any atom is 0.271 e. The van der Waals surface area contributed by atoms with Crippen LogP contribution in [0.4, 0.5) is 17.3 Å². The van der Waals surface area contributed by atoms with E-state index in [1.54, 1.807) is 6.20 Å². The third kappa shape index (κ3) is 4.09. The average Bonchev–Trinajstić information content (AvgIpc) is 2.65. The second-order valence-corrected chi connectivity index (χ2v) is 5.86. The summed E-state index contributed by atoms with van der Waals surface area (Å²) in [5.41, 5.74) is 12.2. The molecule has 0 saturated carbocycles. The van der Waals surface area contributed by atoms with Crippen LogP contribution in [0.1, 0.15) is 23.8 Å². The monoisotopic (exact) mass is 365 g/mol. The fourth-order valence-corrected chi connectivity index (χ4v) is 2.56. The minimum atomic E-state index is -0.725. The van der Waals surface area contributed by atoms with Crippen molar-refractivity contribution in [3.8, 4) is 0 Å². The molecule has 0 saturated heterocycles. The first-order chi connectivity index (χ1) is 13.0. The Kier molecular flexibility index (Phi) is 5.11. The van der Waals surface area contributed by atoms with Crippen molar-refractivity contribution >= 4 is 40.0 Å². The summed E-state index contributed by atoms with van der Waals surface area (Å²) < 4.78 is 0. The summed E-state index contributed by atoms with van der Waals surface area (Å²) in [6.07, 6.45) is 3.51. The molecule has 1 aromatic carbocycles. The van der Waals surface area contributed by atoms with Gasteiger partial charge in [-0.1, -0.05) is 19.1 Å². The average molecular weight is 365 g/mol. The molecule has 2 heterocycles. The number of benzene rings is 1. The Morgan fingerprint density at radius 2 is 2.00 bits per heavy atom. The van der Waals surface area contributed by atoms with Crippen molar-refractivity contribution in [2.75, 3.05) is 10.6 Å². The standard InChI is InChI=1S/C18H19N7O2/c1-2-12(16(19)26)24-14-9-22-15(17(20)27)18(25-14)23-11-6-5-10-4-3-7-21-13(10)8-11/h3-9,12H,2H2,1H3,(H2,19,26)(H2,20,27)(H2,23,24,25)/t12-/m1/s1. The molecule has 0 unspecified atom stereocenters. The van der Waals surface area contributed by atoms with Gasteiger partial charge in [0.2, 0.25) is 5.91 Å². The molecule has 9 heteroatoms. The SMILES string of the molecule is CC[C@@H](Nc1cnc(C(N)=O)c(Nc2ccc3cccnc3c2)n1)C(N)=O. The van der Waals surface area contributed by atoms with Crippen LogP contribution in [0.15, 0.2) is 42.7 Å². The predicted molar refractivity (Wildman–Crippen MR) is 102 cm³/mol. The lowest BCUT2D eigenvalue weighted by Gasteiger charge is -2.15. The Bertz CT molecular complexity index is 1010. The Morgan fingerprint density at radius 3 is 2.70 bits per heavy atom. The van der Waals surface area contributed by atoms with Gasteiger partial charge in [-0.25, -0.2) is 9.97 Å². The van der Waals surface area contributed by atoms with Crippen LogP contribution in [0.25, 0.3) is 10.9 Å². The molecular formula is C18H19N7O2. The Labute approximate surface area is 155 Å². The zero-order valence-corrected chi connectivity index (χ0v) is 14.6. The summed E-state index contributed by atoms with van der Waals surface area (Å²) >= 11 is 0. The van der Waals surface area contributed by atoms with Gasteiger partial charge in [0.1, 0.15) is 11.9 Å². The normalized spacial score (nSPS) is 11.7. The van der Waals surface area contributed by atoms with Crippen molar-refractivity contribution in [1.29, 1.82) is 0 Å². The highest BCUT2D eigenvalue weighted by Gasteiger charge is 2.17. The van der Waals surface area contributed by atoms with Crippen molar-refractivity contribution in [3.63, 3.8) is 0 Å². The van der Waals surface area contributed by atoms with Gasteiger partial charge >= 0.3 is 0 Å². The van der Waals surface area contributed by atoms with E-state index in [1.807, 2.05) is 37.3 Å². The van der Waals surface area contributed by atoms with Gasteiger partial charge < -0.3 is 22.1 Å². The number of aromatic nitrogens is 3. The van der Waals surface area contributed by atoms with E-state index in [9.17, 15) is 9.59 Å². The van der Waals surface area contributed by atoms with Gasteiger partial charge in [-0.15, -0.1) is 0 Å². The van der Waals surface area contributed by atoms with E-state index in [4.69, 9.17) is 11.5 Å². The summed E-state index contributed by atoms with van der Waals surface area (Å²) in [6, 6.07) is 8.74. The molecule has 0 fully saturated rings. The van der Waals surface area contributed by atoms with E-state index < -0.39 is 17.9 Å². The summed E-state index contributed by atoms with van der Waals surface area (Å²) in [5.74, 6) is -0.764. The number of nitrogens with one attached hydrogen (secondary N) is 2. The highest BCUT2D eigenvalue weighted by atomic mass is 16.1. The molecule has 2 aromatic heterocycles. The zero-order chi connectivity index (χ0) is 19.4. The van der Waals surface area contributed by atoms with Gasteiger partial charge in [0, 0.05) is 17.3 Å². The van der Waals surface area contributed by atoms with Crippen LogP contribution < -0.4 is 22.1 Å². The molecule has 27 heavy (non-hydrogen) atoms. The number of hydrogen-bond acceptors (Lipinski definition) is 7. The van der Waals surface area contributed by atoms with Gasteiger partial charge in [0.25, 0.3) is 5.91 Å². The summed E-state index contributed by atoms with van der Waals surface area (Å²) in [7, 11) is 0. The van der Waals surface area contributed by atoms with Crippen LogP contribution in [0, 0.1) is 0 Å². The number of carbonyl (C=O) groups is 2. The first-order valence-corrected chi connectivity index (χ1v) is 8.32. The van der Waals surface area contributed by atoms with Crippen LogP contribution in [0.2, 0.25) is 0 Å². The number of fused-ring (bicyclic) bond motifs is 1. The van der Waals surface area contributed by atoms with E-state index >= 15 is 0 Å². The summed E-state index contributed by atoms with van der Waals surface area (Å²) in [4.78, 5) is 35.8. The second kappa shape index (κ2) is 7.65. The molecule has 3 rings (SSSR count). The largest absolute Gasteiger partial charge is 0.368 e. The molecule has 3 aromatic rings. The van der Waals surface area contributed by atoms with Gasteiger partial charge in [-0.05, 0) is 24.6 Å². The van der Waals surface area contributed by atoms with E-state index in [-0.39, 0.29) is 11.5 Å². The smallest absolute Gasteiger partial charge is 0.271 e. The molecule has 138 valence electrons. The fraction of sp³-hybridized carbons (Fsp3) is 0.167. The number of pyridine rings is 1. The number of amides is 2. The summed E-state index contributed by atoms with van der Waals surface area (Å²) in [5, 5.41) is 6.91. The number of carbonyl (C=O) groups excluding carboxylic acids is 2. The molecule has 0 aliphatic heterocycles. The highest BCUT2D eigenvalue weighted by Crippen LogP contribution is 2.22. The number of nitrogens with zero attached hydrogens (tertiary/aromatic N) is 3. The minimum absolute atomic E-state index is 0.0196. The number of hydrogen-bond donors (Lipinski definition) is 4. The van der Waals surface area contributed by atoms with Gasteiger partial charge in [-0.3, -0.25) is 14.6 Å². The van der Waals surface area contributed by atoms with Crippen LogP contribution in [0.3, 0.4) is 0 Å². The lowest BCUT2D eigenvalue weighted by atomic mass is 10.2. The van der Waals surface area contributed by atoms with Crippen molar-refractivity contribution in [1.82, 2.24) is 15.0 Å². The Morgan fingerprint density at radius 1 is 1.19 bits per heavy atom. The third-order valence-electron chi connectivity index (χ3n) is 3.95. The van der Waals surface area contributed by atoms with Crippen molar-refractivity contribution < 1.29 is 9.59 Å². The van der Waals surface area contributed by atoms with Gasteiger partial charge in [-0.2, -0.15) is 0 Å². The minimum Gasteiger partial charge on any atom is -0.368 e. The quantitative estimate of drug-likeness (QED) is 0.496. The van der Waals surface area contributed by atoms with Crippen molar-refractivity contribution in [2.45, 2.75) is 19.4 Å². The number of primary amides is 2. The molecule has 1 atom stereocenters. The predicted octanol–water partition coefficient (Wildman–Crippen LogP) is 1.54. The lowest BCUT2D eigenvalue weighted by Crippen LogP contribution is -2.35. The van der Waals surface area contributed by atoms with Gasteiger partial charge in [0.05, 0.1) is 11.7 Å². The Hall–Kier alpha value is -3.75. The zero-order valence-electron chi connectivity index (χ0n) is 14.6. The fourth-order valence-electron chi connectivity index (χ4n) is 2.56. The van der Waals surface area contributed by atoms with E-state index in [0.29, 0.717) is 17.9 Å². The first kappa shape index (κ1) is 18.1. The molecule has 0 bridgehead atoms. The van der Waals surface area contributed by atoms with Gasteiger partial charge in [0.15, 0.2) is 11.5 Å². The molecule has 6 N–H and O–H groups in total. The molecule has 0 aliphatic rings. The number of rotatable bonds is 7. The number of anilines is 3. The second-order valence-electron chi connectivity index (χ2n) is 5.86. The topological polar surface area (TPSA) is 149 Å². The molecule has 2 amide bonds. The van der Waals surface area contributed by atoms with Crippen LogP contribution in [0.5, 0.6) is 0 Å². The van der Waals surface area contributed by atoms with Crippen molar-refractivity contribution in [3.05, 3.63) is 48.4 Å². The van der Waals surface area contributed by atoms with E-state index in [0.717, 1.165) is 10.9 Å². The molecule has 9 nitrogen and oxygen atoms in total. The molecular weight excluding hydrogens is 346 g/mol. The first-order valence-electron chi connectivity index (χ1n) is 8.32. The lowest BCUT2D eigenvalue weighted by molar-refractivity contribution is -0.118. The molecule has 0 spiro atoms. The maximum atomic E-state index is 11.7. The van der Waals surface area contributed by atoms with Crippen LogP contribution in [-0.2, 0) is 4.79 Å². The van der Waals surface area contributed by atoms with E-state index in [1.165, 1.54) is 6.20 Å². The maximum absolute atomic E-state index is 11.7. The van der Waals surface area contributed by atoms with Crippen LogP contribution >= 0.6 is 0 Å². The number of nitrogens with two attached hydrogens (primary N) is 2. The summed E-state index contributed by atoms with van der Waals surface area (Å²) in [6.45, 7) is 1.81. The van der Waals surface area contributed by atoms with Crippen molar-refractivity contribution in [2.24, 2.45) is 11.5 Å². The third-order valence-corrected chi connectivity index (χ3v) is 3.95.